The van der Waals surface area contributed by atoms with E-state index < -0.39 is 0 Å². The van der Waals surface area contributed by atoms with Crippen LogP contribution in [-0.2, 0) is 0 Å². The molecular formula is C14H19N3. The Kier molecular flexibility index (Phi) is 3.47. The highest BCUT2D eigenvalue weighted by Gasteiger charge is 2.03. The highest BCUT2D eigenvalue weighted by molar-refractivity contribution is 5.92. The van der Waals surface area contributed by atoms with Crippen molar-refractivity contribution in [3.8, 4) is 0 Å². The molecule has 90 valence electrons. The second kappa shape index (κ2) is 5.04. The predicted molar refractivity (Wildman–Crippen MR) is 74.1 cm³/mol. The number of pyridine rings is 1. The van der Waals surface area contributed by atoms with Crippen LogP contribution in [0.15, 0.2) is 30.5 Å². The van der Waals surface area contributed by atoms with Gasteiger partial charge in [0.1, 0.15) is 0 Å². The molecule has 0 radical (unpaired) electrons. The first-order chi connectivity index (χ1) is 8.20. The van der Waals surface area contributed by atoms with Crippen LogP contribution in [0.1, 0.15) is 20.3 Å². The van der Waals surface area contributed by atoms with E-state index in [0.29, 0.717) is 5.92 Å². The summed E-state index contributed by atoms with van der Waals surface area (Å²) in [5, 5.41) is 4.61. The summed E-state index contributed by atoms with van der Waals surface area (Å²) >= 11 is 0. The van der Waals surface area contributed by atoms with Crippen LogP contribution in [0.2, 0.25) is 0 Å². The molecular weight excluding hydrogens is 210 g/mol. The van der Waals surface area contributed by atoms with Gasteiger partial charge in [-0.2, -0.15) is 0 Å². The van der Waals surface area contributed by atoms with Crippen LogP contribution in [0.3, 0.4) is 0 Å². The molecule has 2 rings (SSSR count). The fourth-order valence-electron chi connectivity index (χ4n) is 1.75. The average molecular weight is 229 g/mol. The van der Waals surface area contributed by atoms with E-state index in [1.165, 1.54) is 6.42 Å². The minimum absolute atomic E-state index is 0.673. The molecule has 1 heterocycles. The number of hydrogen-bond acceptors (Lipinski definition) is 3. The minimum atomic E-state index is 0.673. The van der Waals surface area contributed by atoms with Gasteiger partial charge in [0.2, 0.25) is 0 Å². The van der Waals surface area contributed by atoms with Crippen LogP contribution in [0, 0.1) is 5.92 Å². The summed E-state index contributed by atoms with van der Waals surface area (Å²) in [6, 6.07) is 7.86. The molecule has 1 unspecified atom stereocenters. The van der Waals surface area contributed by atoms with Gasteiger partial charge in [0.05, 0.1) is 5.52 Å². The largest absolute Gasteiger partial charge is 0.399 e. The van der Waals surface area contributed by atoms with E-state index in [0.717, 1.165) is 28.8 Å². The van der Waals surface area contributed by atoms with Crippen molar-refractivity contribution in [1.29, 1.82) is 0 Å². The molecule has 3 heteroatoms. The maximum atomic E-state index is 5.76. The number of aromatic nitrogens is 1. The predicted octanol–water partition coefficient (Wildman–Crippen LogP) is 3.28. The van der Waals surface area contributed by atoms with E-state index >= 15 is 0 Å². The number of benzene rings is 1. The van der Waals surface area contributed by atoms with Crippen molar-refractivity contribution in [2.24, 2.45) is 5.92 Å². The second-order valence-corrected chi connectivity index (χ2v) is 4.53. The van der Waals surface area contributed by atoms with Crippen LogP contribution in [0.4, 0.5) is 11.4 Å². The number of anilines is 2. The molecule has 1 aromatic heterocycles. The Hall–Kier alpha value is -1.77. The number of nitrogen functional groups attached to an aromatic ring is 1. The van der Waals surface area contributed by atoms with E-state index in [1.807, 2.05) is 30.5 Å². The Balaban J connectivity index is 2.28. The van der Waals surface area contributed by atoms with E-state index in [-0.39, 0.29) is 0 Å². The van der Waals surface area contributed by atoms with Crippen LogP contribution in [0.5, 0.6) is 0 Å². The first-order valence-electron chi connectivity index (χ1n) is 6.09. The topological polar surface area (TPSA) is 50.9 Å². The number of rotatable bonds is 4. The number of nitrogens with zero attached hydrogens (tertiary/aromatic N) is 1. The first-order valence-corrected chi connectivity index (χ1v) is 6.09. The lowest BCUT2D eigenvalue weighted by Gasteiger charge is -2.13. The van der Waals surface area contributed by atoms with Crippen LogP contribution in [-0.4, -0.2) is 11.5 Å². The summed E-state index contributed by atoms with van der Waals surface area (Å²) < 4.78 is 0. The third-order valence-electron chi connectivity index (χ3n) is 3.10. The molecule has 0 spiro atoms. The number of fused-ring (bicyclic) bond motifs is 1. The quantitative estimate of drug-likeness (QED) is 0.791. The smallest absolute Gasteiger partial charge is 0.0743 e. The van der Waals surface area contributed by atoms with Gasteiger partial charge >= 0.3 is 0 Å². The number of nitrogens with one attached hydrogen (secondary N) is 1. The van der Waals surface area contributed by atoms with Crippen molar-refractivity contribution in [1.82, 2.24) is 4.98 Å². The summed E-state index contributed by atoms with van der Waals surface area (Å²) in [6.45, 7) is 5.44. The minimum Gasteiger partial charge on any atom is -0.399 e. The molecule has 17 heavy (non-hydrogen) atoms. The lowest BCUT2D eigenvalue weighted by molar-refractivity contribution is 0.594. The van der Waals surface area contributed by atoms with Crippen molar-refractivity contribution in [2.75, 3.05) is 17.6 Å². The maximum Gasteiger partial charge on any atom is 0.0743 e. The van der Waals surface area contributed by atoms with Crippen molar-refractivity contribution >= 4 is 22.3 Å². The van der Waals surface area contributed by atoms with E-state index in [2.05, 4.69) is 24.1 Å². The van der Waals surface area contributed by atoms with E-state index in [9.17, 15) is 0 Å². The second-order valence-electron chi connectivity index (χ2n) is 4.53. The Labute approximate surface area is 102 Å². The molecule has 1 atom stereocenters. The SMILES string of the molecule is CCC(C)CNc1ccnc2cc(N)ccc12. The molecule has 0 aliphatic carbocycles. The van der Waals surface area contributed by atoms with Crippen molar-refractivity contribution in [3.63, 3.8) is 0 Å². The molecule has 0 fully saturated rings. The molecule has 0 aliphatic rings. The zero-order valence-electron chi connectivity index (χ0n) is 10.4. The van der Waals surface area contributed by atoms with Gasteiger partial charge in [0.15, 0.2) is 0 Å². The molecule has 0 aliphatic heterocycles. The normalized spacial score (nSPS) is 12.6. The highest BCUT2D eigenvalue weighted by atomic mass is 14.9. The van der Waals surface area contributed by atoms with Gasteiger partial charge in [0.25, 0.3) is 0 Å². The molecule has 1 aromatic carbocycles. The zero-order valence-corrected chi connectivity index (χ0v) is 10.4. The van der Waals surface area contributed by atoms with E-state index in [4.69, 9.17) is 5.73 Å². The Morgan fingerprint density at radius 1 is 1.35 bits per heavy atom. The van der Waals surface area contributed by atoms with Gasteiger partial charge < -0.3 is 11.1 Å². The zero-order chi connectivity index (χ0) is 12.3. The lowest BCUT2D eigenvalue weighted by Crippen LogP contribution is -2.10. The molecule has 0 saturated heterocycles. The number of nitrogens with two attached hydrogens (primary N) is 1. The highest BCUT2D eigenvalue weighted by Crippen LogP contribution is 2.23. The Morgan fingerprint density at radius 3 is 2.94 bits per heavy atom. The summed E-state index contributed by atoms with van der Waals surface area (Å²) in [5.41, 5.74) is 8.59. The molecule has 0 saturated carbocycles. The van der Waals surface area contributed by atoms with Crippen molar-refractivity contribution < 1.29 is 0 Å². The third kappa shape index (κ3) is 2.67. The Bertz CT molecular complexity index is 508. The summed E-state index contributed by atoms with van der Waals surface area (Å²) in [7, 11) is 0. The lowest BCUT2D eigenvalue weighted by atomic mass is 10.1. The van der Waals surface area contributed by atoms with Crippen molar-refractivity contribution in [2.45, 2.75) is 20.3 Å². The van der Waals surface area contributed by atoms with Crippen LogP contribution < -0.4 is 11.1 Å². The van der Waals surface area contributed by atoms with Gasteiger partial charge in [-0.05, 0) is 30.2 Å². The van der Waals surface area contributed by atoms with Gasteiger partial charge in [-0.1, -0.05) is 20.3 Å². The van der Waals surface area contributed by atoms with Crippen molar-refractivity contribution in [3.05, 3.63) is 30.5 Å². The summed E-state index contributed by atoms with van der Waals surface area (Å²) in [6.07, 6.45) is 3.00. The third-order valence-corrected chi connectivity index (χ3v) is 3.10. The fourth-order valence-corrected chi connectivity index (χ4v) is 1.75. The monoisotopic (exact) mass is 229 g/mol. The molecule has 2 aromatic rings. The van der Waals surface area contributed by atoms with Gasteiger partial charge in [-0.25, -0.2) is 0 Å². The standard InChI is InChI=1S/C14H19N3/c1-3-10(2)9-17-13-6-7-16-14-8-11(15)4-5-12(13)14/h4-8,10H,3,9,15H2,1-2H3,(H,16,17). The van der Waals surface area contributed by atoms with E-state index in [1.54, 1.807) is 0 Å². The fraction of sp³-hybridized carbons (Fsp3) is 0.357. The van der Waals surface area contributed by atoms with Crippen LogP contribution in [0.25, 0.3) is 10.9 Å². The maximum absolute atomic E-state index is 5.76. The Morgan fingerprint density at radius 2 is 2.18 bits per heavy atom. The number of hydrogen-bond donors (Lipinski definition) is 2. The van der Waals surface area contributed by atoms with Gasteiger partial charge in [-0.15, -0.1) is 0 Å². The summed E-state index contributed by atoms with van der Waals surface area (Å²) in [4.78, 5) is 4.33. The van der Waals surface area contributed by atoms with Gasteiger partial charge in [0, 0.05) is 29.5 Å². The molecule has 0 bridgehead atoms. The molecule has 0 amide bonds. The van der Waals surface area contributed by atoms with Gasteiger partial charge in [-0.3, -0.25) is 4.98 Å². The molecule has 3 nitrogen and oxygen atoms in total. The summed E-state index contributed by atoms with van der Waals surface area (Å²) in [5.74, 6) is 0.673. The van der Waals surface area contributed by atoms with Crippen LogP contribution >= 0.6 is 0 Å². The average Bonchev–Trinajstić information content (AvgIpc) is 2.35. The molecule has 3 N–H and O–H groups in total. The first kappa shape index (κ1) is 11.7.